The van der Waals surface area contributed by atoms with Crippen LogP contribution in [-0.2, 0) is 0 Å². The number of halogens is 4. The van der Waals surface area contributed by atoms with E-state index in [0.29, 0.717) is 0 Å². The maximum Gasteiger partial charge on any atom is 0.422 e. The summed E-state index contributed by atoms with van der Waals surface area (Å²) in [6.07, 6.45) is -4.50. The summed E-state index contributed by atoms with van der Waals surface area (Å²) in [7, 11) is 0. The van der Waals surface area contributed by atoms with Gasteiger partial charge in [-0.25, -0.2) is 4.39 Å². The lowest BCUT2D eigenvalue weighted by Gasteiger charge is -2.15. The minimum Gasteiger partial charge on any atom is -0.481 e. The molecule has 16 heavy (non-hydrogen) atoms. The number of nitrogens with two attached hydrogens (primary N) is 1. The molecule has 0 aliphatic heterocycles. The first kappa shape index (κ1) is 12.8. The Hall–Kier alpha value is -1.30. The van der Waals surface area contributed by atoms with Gasteiger partial charge in [0.25, 0.3) is 0 Å². The maximum atomic E-state index is 13.2. The Morgan fingerprint density at radius 1 is 1.38 bits per heavy atom. The average molecular weight is 237 g/mol. The molecule has 0 radical (unpaired) electrons. The molecule has 1 atom stereocenters. The van der Waals surface area contributed by atoms with Gasteiger partial charge in [0.2, 0.25) is 0 Å². The van der Waals surface area contributed by atoms with E-state index in [-0.39, 0.29) is 5.56 Å². The van der Waals surface area contributed by atoms with Crippen molar-refractivity contribution in [1.29, 1.82) is 0 Å². The third kappa shape index (κ3) is 3.37. The molecule has 1 aromatic carbocycles. The smallest absolute Gasteiger partial charge is 0.422 e. The Morgan fingerprint density at radius 3 is 2.50 bits per heavy atom. The summed E-state index contributed by atoms with van der Waals surface area (Å²) in [6, 6.07) is 3.23. The summed E-state index contributed by atoms with van der Waals surface area (Å²) in [4.78, 5) is 0. The van der Waals surface area contributed by atoms with Crippen molar-refractivity contribution in [2.75, 3.05) is 6.61 Å². The van der Waals surface area contributed by atoms with Crippen LogP contribution in [0.2, 0.25) is 0 Å². The Morgan fingerprint density at radius 2 is 2.00 bits per heavy atom. The summed E-state index contributed by atoms with van der Waals surface area (Å²) in [5.74, 6) is -1.28. The zero-order valence-electron chi connectivity index (χ0n) is 8.51. The molecule has 0 spiro atoms. The van der Waals surface area contributed by atoms with Crippen molar-refractivity contribution < 1.29 is 22.3 Å². The highest BCUT2D eigenvalue weighted by atomic mass is 19.4. The highest BCUT2D eigenvalue weighted by molar-refractivity contribution is 5.36. The topological polar surface area (TPSA) is 35.2 Å². The zero-order valence-corrected chi connectivity index (χ0v) is 8.51. The molecule has 90 valence electrons. The van der Waals surface area contributed by atoms with Crippen LogP contribution in [0.25, 0.3) is 0 Å². The maximum absolute atomic E-state index is 13.2. The summed E-state index contributed by atoms with van der Waals surface area (Å²) in [5.41, 5.74) is 5.71. The molecule has 0 amide bonds. The monoisotopic (exact) mass is 237 g/mol. The van der Waals surface area contributed by atoms with Crippen LogP contribution in [0.1, 0.15) is 18.5 Å². The van der Waals surface area contributed by atoms with Gasteiger partial charge in [-0.3, -0.25) is 0 Å². The SMILES string of the molecule is C[C@@H](N)c1cccc(F)c1OCC(F)(F)F. The second-order valence-corrected chi connectivity index (χ2v) is 3.35. The molecule has 1 aromatic rings. The van der Waals surface area contributed by atoms with Crippen molar-refractivity contribution in [3.05, 3.63) is 29.6 Å². The van der Waals surface area contributed by atoms with Crippen molar-refractivity contribution in [2.45, 2.75) is 19.1 Å². The van der Waals surface area contributed by atoms with Crippen LogP contribution >= 0.6 is 0 Å². The number of hydrogen-bond donors (Lipinski definition) is 1. The van der Waals surface area contributed by atoms with Crippen molar-refractivity contribution in [3.8, 4) is 5.75 Å². The predicted octanol–water partition coefficient (Wildman–Crippen LogP) is 2.79. The molecule has 0 aromatic heterocycles. The molecule has 0 bridgehead atoms. The van der Waals surface area contributed by atoms with Gasteiger partial charge in [-0.1, -0.05) is 12.1 Å². The number of alkyl halides is 3. The van der Waals surface area contributed by atoms with E-state index in [1.807, 2.05) is 0 Å². The standard InChI is InChI=1S/C10H11F4NO/c1-6(15)7-3-2-4-8(11)9(7)16-5-10(12,13)14/h2-4,6H,5,15H2,1H3/t6-/m1/s1. The summed E-state index contributed by atoms with van der Waals surface area (Å²) in [5, 5.41) is 0. The molecule has 2 N–H and O–H groups in total. The van der Waals surface area contributed by atoms with Crippen molar-refractivity contribution >= 4 is 0 Å². The molecule has 2 nitrogen and oxygen atoms in total. The Labute approximate surface area is 90.0 Å². The number of rotatable bonds is 3. The molecule has 6 heteroatoms. The Bertz CT molecular complexity index is 362. The van der Waals surface area contributed by atoms with Crippen LogP contribution in [-0.4, -0.2) is 12.8 Å². The highest BCUT2D eigenvalue weighted by Gasteiger charge is 2.29. The first-order chi connectivity index (χ1) is 7.31. The molecule has 0 heterocycles. The molecule has 0 unspecified atom stereocenters. The lowest BCUT2D eigenvalue weighted by molar-refractivity contribution is -0.154. The number of benzene rings is 1. The van der Waals surface area contributed by atoms with E-state index in [4.69, 9.17) is 5.73 Å². The lowest BCUT2D eigenvalue weighted by atomic mass is 10.1. The van der Waals surface area contributed by atoms with E-state index in [1.54, 1.807) is 0 Å². The first-order valence-corrected chi connectivity index (χ1v) is 4.55. The van der Waals surface area contributed by atoms with Gasteiger partial charge in [0.15, 0.2) is 18.2 Å². The van der Waals surface area contributed by atoms with Gasteiger partial charge in [-0.2, -0.15) is 13.2 Å². The van der Waals surface area contributed by atoms with E-state index < -0.39 is 30.4 Å². The molecule has 0 saturated heterocycles. The third-order valence-corrected chi connectivity index (χ3v) is 1.87. The number of ether oxygens (including phenoxy) is 1. The molecular formula is C10H11F4NO. The van der Waals surface area contributed by atoms with E-state index >= 15 is 0 Å². The molecule has 0 saturated carbocycles. The third-order valence-electron chi connectivity index (χ3n) is 1.87. The molecule has 0 aliphatic rings. The van der Waals surface area contributed by atoms with Gasteiger partial charge < -0.3 is 10.5 Å². The second kappa shape index (κ2) is 4.69. The number of hydrogen-bond acceptors (Lipinski definition) is 2. The van der Waals surface area contributed by atoms with E-state index in [1.165, 1.54) is 19.1 Å². The van der Waals surface area contributed by atoms with Gasteiger partial charge >= 0.3 is 6.18 Å². The largest absolute Gasteiger partial charge is 0.481 e. The van der Waals surface area contributed by atoms with Crippen molar-refractivity contribution in [1.82, 2.24) is 0 Å². The fourth-order valence-electron chi connectivity index (χ4n) is 1.19. The quantitative estimate of drug-likeness (QED) is 0.820. The van der Waals surface area contributed by atoms with Crippen LogP contribution in [0.4, 0.5) is 17.6 Å². The van der Waals surface area contributed by atoms with Crippen molar-refractivity contribution in [2.24, 2.45) is 5.73 Å². The summed E-state index contributed by atoms with van der Waals surface area (Å²) in [6.45, 7) is 0.00285. The fourth-order valence-corrected chi connectivity index (χ4v) is 1.19. The minimum absolute atomic E-state index is 0.212. The van der Waals surface area contributed by atoms with Crippen LogP contribution in [0.3, 0.4) is 0 Å². The van der Waals surface area contributed by atoms with Gasteiger partial charge in [0.1, 0.15) is 0 Å². The van der Waals surface area contributed by atoms with Gasteiger partial charge in [-0.15, -0.1) is 0 Å². The van der Waals surface area contributed by atoms with E-state index in [0.717, 1.165) is 6.07 Å². The lowest BCUT2D eigenvalue weighted by Crippen LogP contribution is -2.21. The molecule has 0 aliphatic carbocycles. The van der Waals surface area contributed by atoms with Gasteiger partial charge in [0, 0.05) is 11.6 Å². The Balaban J connectivity index is 2.93. The average Bonchev–Trinajstić information content (AvgIpc) is 2.13. The fraction of sp³-hybridized carbons (Fsp3) is 0.400. The normalized spacial score (nSPS) is 13.6. The van der Waals surface area contributed by atoms with Gasteiger partial charge in [0.05, 0.1) is 0 Å². The van der Waals surface area contributed by atoms with E-state index in [9.17, 15) is 17.6 Å². The highest BCUT2D eigenvalue weighted by Crippen LogP contribution is 2.28. The van der Waals surface area contributed by atoms with Crippen molar-refractivity contribution in [3.63, 3.8) is 0 Å². The molecule has 0 fully saturated rings. The Kier molecular flexibility index (Phi) is 3.74. The number of para-hydroxylation sites is 1. The molecular weight excluding hydrogens is 226 g/mol. The van der Waals surface area contributed by atoms with E-state index in [2.05, 4.69) is 4.74 Å². The predicted molar refractivity (Wildman–Crippen MR) is 50.6 cm³/mol. The summed E-state index contributed by atoms with van der Waals surface area (Å²) >= 11 is 0. The van der Waals surface area contributed by atoms with Gasteiger partial charge in [-0.05, 0) is 13.0 Å². The van der Waals surface area contributed by atoms with Crippen LogP contribution in [0.5, 0.6) is 5.75 Å². The van der Waals surface area contributed by atoms with Crippen LogP contribution < -0.4 is 10.5 Å². The first-order valence-electron chi connectivity index (χ1n) is 4.55. The van der Waals surface area contributed by atoms with Crippen LogP contribution in [0, 0.1) is 5.82 Å². The van der Waals surface area contributed by atoms with Crippen LogP contribution in [0.15, 0.2) is 18.2 Å². The second-order valence-electron chi connectivity index (χ2n) is 3.35. The minimum atomic E-state index is -4.50. The molecule has 1 rings (SSSR count). The summed E-state index contributed by atoms with van der Waals surface area (Å²) < 4.78 is 53.4. The zero-order chi connectivity index (χ0) is 12.3.